The van der Waals surface area contributed by atoms with Gasteiger partial charge in [-0.05, 0) is 39.0 Å². The molecule has 1 aromatic rings. The van der Waals surface area contributed by atoms with Gasteiger partial charge >= 0.3 is 0 Å². The molecule has 20 heavy (non-hydrogen) atoms. The summed E-state index contributed by atoms with van der Waals surface area (Å²) in [5.74, 6) is -0.132. The maximum Gasteiger partial charge on any atom is 0.241 e. The molecule has 2 N–H and O–H groups in total. The van der Waals surface area contributed by atoms with Gasteiger partial charge in [0.05, 0.1) is 6.04 Å². The second-order valence-electron chi connectivity index (χ2n) is 5.25. The van der Waals surface area contributed by atoms with Crippen LogP contribution in [-0.4, -0.2) is 28.5 Å². The molecular weight excluding hydrogens is 276 g/mol. The number of rotatable bonds is 2. The van der Waals surface area contributed by atoms with Gasteiger partial charge in [0.1, 0.15) is 6.23 Å². The van der Waals surface area contributed by atoms with Crippen LogP contribution in [-0.2, 0) is 4.79 Å². The summed E-state index contributed by atoms with van der Waals surface area (Å²) in [6.45, 7) is 6.26. The Morgan fingerprint density at radius 1 is 1.50 bits per heavy atom. The van der Waals surface area contributed by atoms with Gasteiger partial charge in [0.15, 0.2) is 0 Å². The van der Waals surface area contributed by atoms with Crippen LogP contribution in [0.2, 0.25) is 5.02 Å². The first kappa shape index (κ1) is 15.0. The summed E-state index contributed by atoms with van der Waals surface area (Å²) in [4.78, 5) is 13.9. The topological polar surface area (TPSA) is 52.6 Å². The van der Waals surface area contributed by atoms with Crippen LogP contribution in [0.4, 0.5) is 5.69 Å². The summed E-state index contributed by atoms with van der Waals surface area (Å²) in [6, 6.07) is 4.68. The lowest BCUT2D eigenvalue weighted by atomic mass is 10.1. The number of carbonyl (C=O) groups is 1. The van der Waals surface area contributed by atoms with E-state index < -0.39 is 12.3 Å². The van der Waals surface area contributed by atoms with E-state index in [2.05, 4.69) is 5.32 Å². The predicted molar refractivity (Wildman–Crippen MR) is 80.6 cm³/mol. The van der Waals surface area contributed by atoms with Crippen molar-refractivity contribution in [2.24, 2.45) is 0 Å². The Labute approximate surface area is 124 Å². The van der Waals surface area contributed by atoms with Crippen molar-refractivity contribution in [2.75, 3.05) is 11.9 Å². The summed E-state index contributed by atoms with van der Waals surface area (Å²) < 4.78 is 0. The Morgan fingerprint density at radius 3 is 2.85 bits per heavy atom. The molecular formula is C15H19ClN2O2. The Balaban J connectivity index is 2.42. The molecule has 0 spiro atoms. The SMILES string of the molecule is CC(C)=CCN1C(C)C(=O)Nc2ccc(Cl)cc2C1O. The first-order valence-corrected chi connectivity index (χ1v) is 6.95. The molecule has 0 fully saturated rings. The van der Waals surface area contributed by atoms with Gasteiger partial charge < -0.3 is 10.4 Å². The molecule has 0 saturated carbocycles. The molecule has 0 aromatic heterocycles. The highest BCUT2D eigenvalue weighted by Crippen LogP contribution is 2.32. The van der Waals surface area contributed by atoms with Gasteiger partial charge in [-0.3, -0.25) is 9.69 Å². The second kappa shape index (κ2) is 5.95. The number of hydrogen-bond acceptors (Lipinski definition) is 3. The van der Waals surface area contributed by atoms with E-state index in [0.717, 1.165) is 5.57 Å². The molecule has 4 nitrogen and oxygen atoms in total. The number of allylic oxidation sites excluding steroid dienone is 1. The number of hydrogen-bond donors (Lipinski definition) is 2. The molecule has 1 heterocycles. The quantitative estimate of drug-likeness (QED) is 0.825. The first-order valence-electron chi connectivity index (χ1n) is 6.57. The smallest absolute Gasteiger partial charge is 0.241 e. The molecule has 108 valence electrons. The third-order valence-electron chi connectivity index (χ3n) is 3.45. The van der Waals surface area contributed by atoms with Crippen molar-refractivity contribution >= 4 is 23.2 Å². The number of benzene rings is 1. The summed E-state index contributed by atoms with van der Waals surface area (Å²) in [6.07, 6.45) is 1.12. The lowest BCUT2D eigenvalue weighted by Gasteiger charge is -2.29. The first-order chi connectivity index (χ1) is 9.40. The highest BCUT2D eigenvalue weighted by atomic mass is 35.5. The van der Waals surface area contributed by atoms with Crippen LogP contribution in [0.3, 0.4) is 0 Å². The molecule has 1 aliphatic rings. The van der Waals surface area contributed by atoms with E-state index in [1.54, 1.807) is 30.0 Å². The van der Waals surface area contributed by atoms with E-state index in [1.165, 1.54) is 0 Å². The van der Waals surface area contributed by atoms with Crippen molar-refractivity contribution in [3.8, 4) is 0 Å². The number of anilines is 1. The normalized spacial score (nSPS) is 22.8. The highest BCUT2D eigenvalue weighted by Gasteiger charge is 2.32. The summed E-state index contributed by atoms with van der Waals surface area (Å²) >= 11 is 5.99. The van der Waals surface area contributed by atoms with Gasteiger partial charge in [0, 0.05) is 22.8 Å². The number of halogens is 1. The van der Waals surface area contributed by atoms with Crippen molar-refractivity contribution in [3.63, 3.8) is 0 Å². The molecule has 2 unspecified atom stereocenters. The zero-order chi connectivity index (χ0) is 14.9. The zero-order valence-corrected chi connectivity index (χ0v) is 12.6. The number of amides is 1. The van der Waals surface area contributed by atoms with Crippen molar-refractivity contribution in [3.05, 3.63) is 40.4 Å². The van der Waals surface area contributed by atoms with E-state index in [-0.39, 0.29) is 5.91 Å². The Bertz CT molecular complexity index is 553. The van der Waals surface area contributed by atoms with Crippen molar-refractivity contribution in [1.82, 2.24) is 4.90 Å². The Morgan fingerprint density at radius 2 is 2.20 bits per heavy atom. The summed E-state index contributed by atoms with van der Waals surface area (Å²) in [5.41, 5.74) is 2.37. The zero-order valence-electron chi connectivity index (χ0n) is 11.9. The van der Waals surface area contributed by atoms with E-state index in [9.17, 15) is 9.90 Å². The molecule has 0 radical (unpaired) electrons. The molecule has 2 rings (SSSR count). The van der Waals surface area contributed by atoms with Gasteiger partial charge in [-0.25, -0.2) is 0 Å². The van der Waals surface area contributed by atoms with Gasteiger partial charge in [-0.15, -0.1) is 0 Å². The molecule has 0 bridgehead atoms. The molecule has 1 aromatic carbocycles. The minimum Gasteiger partial charge on any atom is -0.374 e. The van der Waals surface area contributed by atoms with Gasteiger partial charge in [-0.2, -0.15) is 0 Å². The van der Waals surface area contributed by atoms with Crippen molar-refractivity contribution < 1.29 is 9.90 Å². The van der Waals surface area contributed by atoms with Crippen molar-refractivity contribution in [1.29, 1.82) is 0 Å². The Hall–Kier alpha value is -1.36. The lowest BCUT2D eigenvalue weighted by molar-refractivity contribution is -0.124. The Kier molecular flexibility index (Phi) is 4.48. The third-order valence-corrected chi connectivity index (χ3v) is 3.69. The molecule has 0 aliphatic carbocycles. The molecule has 0 saturated heterocycles. The monoisotopic (exact) mass is 294 g/mol. The van der Waals surface area contributed by atoms with E-state index in [0.29, 0.717) is 22.8 Å². The van der Waals surface area contributed by atoms with Crippen LogP contribution in [0, 0.1) is 0 Å². The minimum atomic E-state index is -0.867. The fourth-order valence-corrected chi connectivity index (χ4v) is 2.37. The standard InChI is InChI=1S/C15H19ClN2O2/c1-9(2)6-7-18-10(3)14(19)17-13-5-4-11(16)8-12(13)15(18)20/h4-6,8,10,15,20H,7H2,1-3H3,(H,17,19). The summed E-state index contributed by atoms with van der Waals surface area (Å²) in [7, 11) is 0. The van der Waals surface area contributed by atoms with Crippen LogP contribution >= 0.6 is 11.6 Å². The molecule has 1 aliphatic heterocycles. The number of fused-ring (bicyclic) bond motifs is 1. The van der Waals surface area contributed by atoms with E-state index >= 15 is 0 Å². The minimum absolute atomic E-state index is 0.132. The van der Waals surface area contributed by atoms with Crippen LogP contribution in [0.25, 0.3) is 0 Å². The molecule has 2 atom stereocenters. The van der Waals surface area contributed by atoms with Crippen LogP contribution in [0.1, 0.15) is 32.6 Å². The van der Waals surface area contributed by atoms with E-state index in [4.69, 9.17) is 11.6 Å². The number of nitrogens with zero attached hydrogens (tertiary/aromatic N) is 1. The van der Waals surface area contributed by atoms with Gasteiger partial charge in [-0.1, -0.05) is 23.3 Å². The van der Waals surface area contributed by atoms with Crippen LogP contribution in [0.5, 0.6) is 0 Å². The number of aliphatic hydroxyl groups excluding tert-OH is 1. The van der Waals surface area contributed by atoms with Gasteiger partial charge in [0.2, 0.25) is 5.91 Å². The largest absolute Gasteiger partial charge is 0.374 e. The molecule has 1 amide bonds. The third kappa shape index (κ3) is 3.03. The fraction of sp³-hybridized carbons (Fsp3) is 0.400. The highest BCUT2D eigenvalue weighted by molar-refractivity contribution is 6.30. The predicted octanol–water partition coefficient (Wildman–Crippen LogP) is 2.94. The number of nitrogens with one attached hydrogen (secondary N) is 1. The maximum absolute atomic E-state index is 12.1. The van der Waals surface area contributed by atoms with Gasteiger partial charge in [0.25, 0.3) is 0 Å². The maximum atomic E-state index is 12.1. The average molecular weight is 295 g/mol. The van der Waals surface area contributed by atoms with Crippen LogP contribution < -0.4 is 5.32 Å². The fourth-order valence-electron chi connectivity index (χ4n) is 2.19. The lowest BCUT2D eigenvalue weighted by Crippen LogP contribution is -2.42. The summed E-state index contributed by atoms with van der Waals surface area (Å²) in [5, 5.41) is 13.9. The van der Waals surface area contributed by atoms with Crippen molar-refractivity contribution in [2.45, 2.75) is 33.0 Å². The number of carbonyl (C=O) groups excluding carboxylic acids is 1. The second-order valence-corrected chi connectivity index (χ2v) is 5.69. The van der Waals surface area contributed by atoms with Crippen LogP contribution in [0.15, 0.2) is 29.8 Å². The number of aliphatic hydroxyl groups is 1. The molecule has 5 heteroatoms. The van der Waals surface area contributed by atoms with E-state index in [1.807, 2.05) is 19.9 Å². The average Bonchev–Trinajstić information content (AvgIpc) is 2.47.